The lowest BCUT2D eigenvalue weighted by atomic mass is 9.78. The maximum Gasteiger partial charge on any atom is 0.0310 e. The Morgan fingerprint density at radius 3 is 2.77 bits per heavy atom. The molecule has 1 aliphatic rings. The molecule has 0 aromatic heterocycles. The van der Waals surface area contributed by atoms with Crippen molar-refractivity contribution >= 4 is 11.6 Å². The highest BCUT2D eigenvalue weighted by Gasteiger charge is 2.26. The number of hydrogen-bond acceptors (Lipinski definition) is 1. The summed E-state index contributed by atoms with van der Waals surface area (Å²) in [6.45, 7) is 9.11. The second kappa shape index (κ2) is 5.02. The topological polar surface area (TPSA) is 12.0 Å². The van der Waals surface area contributed by atoms with E-state index in [0.717, 1.165) is 18.4 Å². The normalized spacial score (nSPS) is 34.5. The average molecular weight is 202 g/mol. The number of hydrogen-bond donors (Lipinski definition) is 1. The lowest BCUT2D eigenvalue weighted by molar-refractivity contribution is 0.211. The molecule has 0 radical (unpaired) electrons. The standard InChI is InChI=1S/C11H20ClN/c1-8-5-4-6-11(10(8)3)13-7-9(2)12/h8,10-11,13H,2,4-7H2,1,3H3. The predicted molar refractivity (Wildman–Crippen MR) is 59.0 cm³/mol. The first-order valence-corrected chi connectivity index (χ1v) is 5.55. The van der Waals surface area contributed by atoms with Crippen molar-refractivity contribution in [2.75, 3.05) is 6.54 Å². The average Bonchev–Trinajstić information content (AvgIpc) is 2.07. The third-order valence-corrected chi connectivity index (χ3v) is 3.40. The summed E-state index contributed by atoms with van der Waals surface area (Å²) in [6, 6.07) is 0.638. The molecule has 0 aromatic carbocycles. The first-order chi connectivity index (χ1) is 6.11. The number of halogens is 1. The number of nitrogens with one attached hydrogen (secondary N) is 1. The maximum atomic E-state index is 5.72. The summed E-state index contributed by atoms with van der Waals surface area (Å²) in [5, 5.41) is 4.18. The van der Waals surface area contributed by atoms with Gasteiger partial charge in [0, 0.05) is 17.6 Å². The van der Waals surface area contributed by atoms with Crippen LogP contribution in [-0.2, 0) is 0 Å². The summed E-state index contributed by atoms with van der Waals surface area (Å²) in [5.41, 5.74) is 0. The summed E-state index contributed by atoms with van der Waals surface area (Å²) in [4.78, 5) is 0. The van der Waals surface area contributed by atoms with E-state index in [1.165, 1.54) is 19.3 Å². The minimum atomic E-state index is 0.638. The quantitative estimate of drug-likeness (QED) is 0.740. The van der Waals surface area contributed by atoms with Crippen LogP contribution in [0.1, 0.15) is 33.1 Å². The Hall–Kier alpha value is -0.0100. The van der Waals surface area contributed by atoms with Gasteiger partial charge >= 0.3 is 0 Å². The molecule has 3 atom stereocenters. The smallest absolute Gasteiger partial charge is 0.0310 e. The molecule has 0 spiro atoms. The summed E-state index contributed by atoms with van der Waals surface area (Å²) in [6.07, 6.45) is 4.01. The first-order valence-electron chi connectivity index (χ1n) is 5.18. The molecule has 1 aliphatic carbocycles. The summed E-state index contributed by atoms with van der Waals surface area (Å²) in [5.74, 6) is 1.61. The van der Waals surface area contributed by atoms with Crippen LogP contribution in [0.25, 0.3) is 0 Å². The summed E-state index contributed by atoms with van der Waals surface area (Å²) < 4.78 is 0. The molecule has 2 heteroatoms. The van der Waals surface area contributed by atoms with Gasteiger partial charge in [0.2, 0.25) is 0 Å². The SMILES string of the molecule is C=C(Cl)CNC1CCCC(C)C1C. The van der Waals surface area contributed by atoms with Crippen LogP contribution in [0.2, 0.25) is 0 Å². The van der Waals surface area contributed by atoms with Gasteiger partial charge in [-0.3, -0.25) is 0 Å². The van der Waals surface area contributed by atoms with E-state index in [4.69, 9.17) is 11.6 Å². The molecule has 13 heavy (non-hydrogen) atoms. The van der Waals surface area contributed by atoms with Gasteiger partial charge in [0.05, 0.1) is 0 Å². The Bertz CT molecular complexity index is 179. The van der Waals surface area contributed by atoms with Crippen molar-refractivity contribution in [3.05, 3.63) is 11.6 Å². The molecule has 0 amide bonds. The highest BCUT2D eigenvalue weighted by Crippen LogP contribution is 2.29. The van der Waals surface area contributed by atoms with Crippen LogP contribution >= 0.6 is 11.6 Å². The van der Waals surface area contributed by atoms with Gasteiger partial charge in [-0.05, 0) is 18.3 Å². The van der Waals surface area contributed by atoms with Gasteiger partial charge in [-0.15, -0.1) is 0 Å². The Morgan fingerprint density at radius 2 is 2.15 bits per heavy atom. The lowest BCUT2D eigenvalue weighted by Gasteiger charge is -2.34. The van der Waals surface area contributed by atoms with Gasteiger partial charge in [-0.1, -0.05) is 44.9 Å². The molecule has 0 heterocycles. The van der Waals surface area contributed by atoms with Gasteiger partial charge in [-0.2, -0.15) is 0 Å². The second-order valence-corrected chi connectivity index (χ2v) is 4.81. The Kier molecular flexibility index (Phi) is 4.27. The highest BCUT2D eigenvalue weighted by molar-refractivity contribution is 6.29. The van der Waals surface area contributed by atoms with Crippen molar-refractivity contribution < 1.29 is 0 Å². The van der Waals surface area contributed by atoms with Crippen LogP contribution < -0.4 is 5.32 Å². The van der Waals surface area contributed by atoms with Crippen LogP contribution in [-0.4, -0.2) is 12.6 Å². The molecule has 0 saturated heterocycles. The molecule has 0 bridgehead atoms. The van der Waals surface area contributed by atoms with Crippen molar-refractivity contribution in [1.29, 1.82) is 0 Å². The monoisotopic (exact) mass is 201 g/mol. The Morgan fingerprint density at radius 1 is 1.46 bits per heavy atom. The van der Waals surface area contributed by atoms with E-state index in [9.17, 15) is 0 Å². The highest BCUT2D eigenvalue weighted by atomic mass is 35.5. The Labute approximate surface area is 86.5 Å². The predicted octanol–water partition coefficient (Wildman–Crippen LogP) is 3.15. The van der Waals surface area contributed by atoms with Crippen LogP contribution in [0.4, 0.5) is 0 Å². The zero-order chi connectivity index (χ0) is 9.84. The fraction of sp³-hybridized carbons (Fsp3) is 0.818. The van der Waals surface area contributed by atoms with Crippen LogP contribution in [0.5, 0.6) is 0 Å². The largest absolute Gasteiger partial charge is 0.309 e. The van der Waals surface area contributed by atoms with Crippen molar-refractivity contribution in [2.24, 2.45) is 11.8 Å². The lowest BCUT2D eigenvalue weighted by Crippen LogP contribution is -2.41. The molecule has 0 aromatic rings. The summed E-state index contributed by atoms with van der Waals surface area (Å²) in [7, 11) is 0. The molecule has 1 saturated carbocycles. The van der Waals surface area contributed by atoms with E-state index in [-0.39, 0.29) is 0 Å². The molecule has 1 rings (SSSR count). The van der Waals surface area contributed by atoms with Crippen molar-refractivity contribution in [3.8, 4) is 0 Å². The molecule has 3 unspecified atom stereocenters. The third kappa shape index (κ3) is 3.32. The van der Waals surface area contributed by atoms with Gasteiger partial charge < -0.3 is 5.32 Å². The van der Waals surface area contributed by atoms with Gasteiger partial charge in [-0.25, -0.2) is 0 Å². The van der Waals surface area contributed by atoms with E-state index in [1.807, 2.05) is 0 Å². The van der Waals surface area contributed by atoms with Gasteiger partial charge in [0.15, 0.2) is 0 Å². The van der Waals surface area contributed by atoms with E-state index in [2.05, 4.69) is 25.7 Å². The first kappa shape index (κ1) is 11.1. The molecular weight excluding hydrogens is 182 g/mol. The van der Waals surface area contributed by atoms with E-state index in [1.54, 1.807) is 0 Å². The minimum Gasteiger partial charge on any atom is -0.309 e. The maximum absolute atomic E-state index is 5.72. The molecule has 1 N–H and O–H groups in total. The zero-order valence-electron chi connectivity index (χ0n) is 8.65. The fourth-order valence-corrected chi connectivity index (χ4v) is 2.19. The van der Waals surface area contributed by atoms with Crippen molar-refractivity contribution in [2.45, 2.75) is 39.2 Å². The zero-order valence-corrected chi connectivity index (χ0v) is 9.40. The minimum absolute atomic E-state index is 0.638. The van der Waals surface area contributed by atoms with Gasteiger partial charge in [0.1, 0.15) is 0 Å². The van der Waals surface area contributed by atoms with E-state index >= 15 is 0 Å². The molecule has 76 valence electrons. The second-order valence-electron chi connectivity index (χ2n) is 4.27. The molecule has 1 nitrogen and oxygen atoms in total. The van der Waals surface area contributed by atoms with Crippen molar-refractivity contribution in [1.82, 2.24) is 5.32 Å². The molecule has 0 aliphatic heterocycles. The van der Waals surface area contributed by atoms with Crippen molar-refractivity contribution in [3.63, 3.8) is 0 Å². The number of rotatable bonds is 3. The van der Waals surface area contributed by atoms with Gasteiger partial charge in [0.25, 0.3) is 0 Å². The fourth-order valence-electron chi connectivity index (χ4n) is 2.11. The van der Waals surface area contributed by atoms with E-state index < -0.39 is 0 Å². The molecular formula is C11H20ClN. The van der Waals surface area contributed by atoms with Crippen LogP contribution in [0.3, 0.4) is 0 Å². The van der Waals surface area contributed by atoms with Crippen LogP contribution in [0.15, 0.2) is 11.6 Å². The molecule has 1 fully saturated rings. The Balaban J connectivity index is 2.35. The van der Waals surface area contributed by atoms with E-state index in [0.29, 0.717) is 11.1 Å². The van der Waals surface area contributed by atoms with Crippen LogP contribution in [0, 0.1) is 11.8 Å². The summed E-state index contributed by atoms with van der Waals surface area (Å²) >= 11 is 5.72. The third-order valence-electron chi connectivity index (χ3n) is 3.26.